The van der Waals surface area contributed by atoms with Crippen molar-refractivity contribution in [2.75, 3.05) is 0 Å². The number of nitrogens with zero attached hydrogens (tertiary/aromatic N) is 1. The van der Waals surface area contributed by atoms with Crippen molar-refractivity contribution in [2.45, 2.75) is 5.92 Å². The summed E-state index contributed by atoms with van der Waals surface area (Å²) in [6, 6.07) is 35.5. The van der Waals surface area contributed by atoms with Crippen LogP contribution in [-0.2, 0) is 17.1 Å². The fourth-order valence-electron chi connectivity index (χ4n) is 3.08. The summed E-state index contributed by atoms with van der Waals surface area (Å²) >= 11 is 1.79. The third-order valence-corrected chi connectivity index (χ3v) is 5.26. The summed E-state index contributed by atoms with van der Waals surface area (Å²) in [6.07, 6.45) is 0. The van der Waals surface area contributed by atoms with Crippen LogP contribution < -0.4 is 0 Å². The van der Waals surface area contributed by atoms with Crippen molar-refractivity contribution >= 4 is 22.2 Å². The van der Waals surface area contributed by atoms with Crippen LogP contribution in [0.25, 0.3) is 10.9 Å². The Morgan fingerprint density at radius 3 is 2.26 bits per heavy atom. The van der Waals surface area contributed by atoms with Gasteiger partial charge in [0, 0.05) is 21.9 Å². The van der Waals surface area contributed by atoms with Gasteiger partial charge in [0.25, 0.3) is 0 Å². The van der Waals surface area contributed by atoms with Gasteiger partial charge in [-0.15, -0.1) is 16.9 Å². The first-order valence-corrected chi connectivity index (χ1v) is 9.57. The topological polar surface area (TPSA) is 12.9 Å². The van der Waals surface area contributed by atoms with Crippen LogP contribution in [0.1, 0.15) is 22.1 Å². The maximum absolute atomic E-state index is 4.89. The molecule has 1 atom stereocenters. The largest absolute Gasteiger partial charge is 2.00 e. The Labute approximate surface area is 174 Å². The molecule has 2 aromatic heterocycles. The Balaban J connectivity index is 0.000000306. The van der Waals surface area contributed by atoms with Crippen LogP contribution >= 0.6 is 11.3 Å². The molecule has 0 amide bonds. The summed E-state index contributed by atoms with van der Waals surface area (Å²) < 4.78 is 0. The number of pyridine rings is 1. The van der Waals surface area contributed by atoms with Gasteiger partial charge in [-0.25, -0.2) is 24.3 Å². The minimum absolute atomic E-state index is 0. The van der Waals surface area contributed by atoms with Crippen molar-refractivity contribution in [2.24, 2.45) is 0 Å². The molecule has 0 fully saturated rings. The maximum atomic E-state index is 4.89. The van der Waals surface area contributed by atoms with Crippen molar-refractivity contribution in [3.8, 4) is 0 Å². The van der Waals surface area contributed by atoms with Gasteiger partial charge < -0.3 is 0 Å². The van der Waals surface area contributed by atoms with E-state index < -0.39 is 0 Å². The molecule has 0 saturated heterocycles. The first-order chi connectivity index (χ1) is 12.9. The molecule has 5 rings (SSSR count). The first-order valence-electron chi connectivity index (χ1n) is 8.69. The van der Waals surface area contributed by atoms with E-state index in [1.54, 1.807) is 11.3 Å². The first kappa shape index (κ1) is 19.3. The molecule has 0 N–H and O–H groups in total. The predicted octanol–water partition coefficient (Wildman–Crippen LogP) is 6.60. The molecule has 0 saturated carbocycles. The van der Waals surface area contributed by atoms with Crippen LogP contribution in [0.4, 0.5) is 0 Å². The number of fused-ring (bicyclic) bond motifs is 1. The number of thiophene rings is 1. The van der Waals surface area contributed by atoms with Crippen LogP contribution in [0.2, 0.25) is 0 Å². The van der Waals surface area contributed by atoms with Gasteiger partial charge in [-0.05, 0) is 23.6 Å². The van der Waals surface area contributed by atoms with Crippen molar-refractivity contribution in [1.82, 2.24) is 4.98 Å². The quantitative estimate of drug-likeness (QED) is 0.242. The summed E-state index contributed by atoms with van der Waals surface area (Å²) in [6.45, 7) is 0. The van der Waals surface area contributed by atoms with E-state index in [0.717, 1.165) is 11.2 Å². The normalized spacial score (nSPS) is 11.3. The Morgan fingerprint density at radius 2 is 1.59 bits per heavy atom. The van der Waals surface area contributed by atoms with Gasteiger partial charge in [-0.3, -0.25) is 4.98 Å². The molecular weight excluding hydrogens is 390 g/mol. The van der Waals surface area contributed by atoms with Crippen molar-refractivity contribution < 1.29 is 17.1 Å². The van der Waals surface area contributed by atoms with Gasteiger partial charge in [0.1, 0.15) is 0 Å². The van der Waals surface area contributed by atoms with Crippen molar-refractivity contribution in [3.63, 3.8) is 0 Å². The smallest absolute Gasteiger partial charge is 0.253 e. The van der Waals surface area contributed by atoms with E-state index in [9.17, 15) is 0 Å². The summed E-state index contributed by atoms with van der Waals surface area (Å²) in [5, 5.41) is 3.32. The molecule has 3 heteroatoms. The van der Waals surface area contributed by atoms with E-state index in [4.69, 9.17) is 4.98 Å². The molecule has 3 aromatic carbocycles. The van der Waals surface area contributed by atoms with E-state index >= 15 is 0 Å². The van der Waals surface area contributed by atoms with Gasteiger partial charge >= 0.3 is 17.1 Å². The Kier molecular flexibility index (Phi) is 6.78. The second-order valence-electron chi connectivity index (χ2n) is 6.06. The van der Waals surface area contributed by atoms with E-state index in [2.05, 4.69) is 72.1 Å². The fraction of sp³-hybridized carbons (Fsp3) is 0.0417. The van der Waals surface area contributed by atoms with Crippen molar-refractivity contribution in [3.05, 3.63) is 125 Å². The van der Waals surface area contributed by atoms with Crippen LogP contribution in [0.5, 0.6) is 0 Å². The van der Waals surface area contributed by atoms with Gasteiger partial charge in [0.2, 0.25) is 0 Å². The van der Waals surface area contributed by atoms with Crippen LogP contribution in [0.3, 0.4) is 0 Å². The van der Waals surface area contributed by atoms with Crippen LogP contribution in [0.15, 0.2) is 109 Å². The van der Waals surface area contributed by atoms with Gasteiger partial charge in [-0.1, -0.05) is 30.3 Å². The molecule has 27 heavy (non-hydrogen) atoms. The van der Waals surface area contributed by atoms with Crippen LogP contribution in [0, 0.1) is 0 Å². The molecule has 0 bridgehead atoms. The summed E-state index contributed by atoms with van der Waals surface area (Å²) in [7, 11) is 0. The molecule has 2 heterocycles. The molecule has 1 unspecified atom stereocenters. The van der Waals surface area contributed by atoms with Crippen LogP contribution in [-0.4, -0.2) is 4.98 Å². The van der Waals surface area contributed by atoms with Crippen molar-refractivity contribution in [1.29, 1.82) is 0 Å². The molecule has 1 nitrogen and oxygen atoms in total. The molecule has 0 aliphatic rings. The van der Waals surface area contributed by atoms with E-state index in [1.807, 2.05) is 36.4 Å². The second kappa shape index (κ2) is 9.48. The molecule has 0 spiro atoms. The predicted molar refractivity (Wildman–Crippen MR) is 111 cm³/mol. The number of hydrogen-bond donors (Lipinski definition) is 0. The van der Waals surface area contributed by atoms with E-state index in [-0.39, 0.29) is 23.0 Å². The average Bonchev–Trinajstić information content (AvgIpc) is 3.46. The minimum atomic E-state index is 0. The SMILES string of the molecule is [Fe+2].c1cc[cH-]c1.c1csc(C(c2ccc3ccccc3n2)[c-]2cccc2)c1. The number of para-hydroxylation sites is 1. The second-order valence-corrected chi connectivity index (χ2v) is 7.04. The maximum Gasteiger partial charge on any atom is 2.00 e. The number of benzene rings is 1. The number of hydrogen-bond acceptors (Lipinski definition) is 2. The Hall–Kier alpha value is -2.45. The molecule has 0 radical (unpaired) electrons. The molecule has 134 valence electrons. The van der Waals surface area contributed by atoms with E-state index in [0.29, 0.717) is 0 Å². The summed E-state index contributed by atoms with van der Waals surface area (Å²) in [5.41, 5.74) is 3.48. The van der Waals surface area contributed by atoms with Gasteiger partial charge in [0.05, 0.1) is 5.52 Å². The summed E-state index contributed by atoms with van der Waals surface area (Å²) in [5.74, 6) is 0.226. The van der Waals surface area contributed by atoms with Gasteiger partial charge in [-0.2, -0.15) is 30.3 Å². The zero-order chi connectivity index (χ0) is 17.6. The van der Waals surface area contributed by atoms with Gasteiger partial charge in [0.15, 0.2) is 0 Å². The van der Waals surface area contributed by atoms with E-state index in [1.165, 1.54) is 15.8 Å². The monoisotopic (exact) mass is 409 g/mol. The molecule has 0 aliphatic heterocycles. The Morgan fingerprint density at radius 1 is 0.815 bits per heavy atom. The molecular formula is C24H19FeNS. The molecule has 5 aromatic rings. The molecule has 0 aliphatic carbocycles. The number of rotatable bonds is 3. The zero-order valence-electron chi connectivity index (χ0n) is 14.7. The number of aromatic nitrogens is 1. The third kappa shape index (κ3) is 4.64. The third-order valence-electron chi connectivity index (χ3n) is 4.32. The minimum Gasteiger partial charge on any atom is -0.253 e. The summed E-state index contributed by atoms with van der Waals surface area (Å²) in [4.78, 5) is 6.23. The average molecular weight is 409 g/mol. The fourth-order valence-corrected chi connectivity index (χ4v) is 3.95. The zero-order valence-corrected chi connectivity index (χ0v) is 16.6. The Bertz CT molecular complexity index is 980. The standard InChI is InChI=1S/C19H14NS.C5H5.Fe/c1-2-8-15(7-1)19(18-10-5-13-21-18)17-12-11-14-6-3-4-9-16(14)20-17;1-2-4-5-3-1;/h1-13,19H;1-5H;/q2*-1;+2.